The number of halogens is 1. The van der Waals surface area contributed by atoms with E-state index in [1.54, 1.807) is 20.8 Å². The second-order valence-electron chi connectivity index (χ2n) is 26.6. The topological polar surface area (TPSA) is 257 Å². The maximum Gasteiger partial charge on any atom is 0.350 e. The van der Waals surface area contributed by atoms with Crippen LogP contribution in [0.15, 0.2) is 150 Å². The molecule has 5 amide bonds. The Labute approximate surface area is 653 Å². The Hall–Kier alpha value is -8.93. The Kier molecular flexibility index (Phi) is 30.6. The van der Waals surface area contributed by atoms with Crippen LogP contribution in [0.3, 0.4) is 0 Å². The Morgan fingerprint density at radius 2 is 0.750 bits per heavy atom. The van der Waals surface area contributed by atoms with Crippen LogP contribution in [-0.4, -0.2) is 193 Å². The van der Waals surface area contributed by atoms with Crippen molar-refractivity contribution >= 4 is 132 Å². The number of carbonyl (C=O) groups is 9. The summed E-state index contributed by atoms with van der Waals surface area (Å²) in [5.41, 5.74) is 5.35. The van der Waals surface area contributed by atoms with Crippen LogP contribution in [-0.2, 0) is 52.4 Å². The highest BCUT2D eigenvalue weighted by molar-refractivity contribution is 9.10. The number of benzene rings is 4. The summed E-state index contributed by atoms with van der Waals surface area (Å²) in [4.78, 5) is 128. The summed E-state index contributed by atoms with van der Waals surface area (Å²) < 4.78 is 31.4. The van der Waals surface area contributed by atoms with E-state index >= 15 is 0 Å². The Morgan fingerprint density at radius 1 is 0.435 bits per heavy atom. The lowest BCUT2D eigenvalue weighted by Gasteiger charge is -2.33. The number of nitrogens with one attached hydrogen (secondary N) is 1. The van der Waals surface area contributed by atoms with Gasteiger partial charge in [-0.25, -0.2) is 19.2 Å². The molecule has 5 aliphatic rings. The number of aromatic carboxylic acids is 1. The normalized spacial score (nSPS) is 17.7. The SMILES string of the molecule is CC1CCC(C(=O)N(CC(=O)N2CCOCC2)c2cc(-c3ccccc3)sc2C(=O)O)CC1.COC(=O)c1sc(-c2ccccc2)cc1Br.COC(=O)c1sc(-c2ccccc2)cc1N(CC(=O)N1CCOCC1)C(=O)C1CCC(C)CC1.COC(=O)c1sc(-c2ccccc2)cc1NCC(=O)N1CCOCC1. The van der Waals surface area contributed by atoms with Crippen LogP contribution in [0.1, 0.15) is 104 Å². The van der Waals surface area contributed by atoms with Crippen molar-refractivity contribution in [2.45, 2.75) is 65.2 Å². The van der Waals surface area contributed by atoms with E-state index in [-0.39, 0.29) is 71.9 Å². The van der Waals surface area contributed by atoms with Crippen molar-refractivity contribution in [1.29, 1.82) is 0 Å². The summed E-state index contributed by atoms with van der Waals surface area (Å²) in [7, 11) is 4.07. The lowest BCUT2D eigenvalue weighted by Crippen LogP contribution is -2.49. The highest BCUT2D eigenvalue weighted by Crippen LogP contribution is 2.43. The summed E-state index contributed by atoms with van der Waals surface area (Å²) in [6, 6.07) is 46.4. The molecule has 2 aliphatic carbocycles. The molecule has 2 saturated carbocycles. The van der Waals surface area contributed by atoms with Crippen molar-refractivity contribution in [3.63, 3.8) is 0 Å². The number of esters is 3. The van der Waals surface area contributed by atoms with E-state index < -0.39 is 17.9 Å². The maximum atomic E-state index is 13.8. The van der Waals surface area contributed by atoms with Crippen LogP contribution in [0.4, 0.5) is 17.1 Å². The van der Waals surface area contributed by atoms with Crippen molar-refractivity contribution in [2.24, 2.45) is 23.7 Å². The quantitative estimate of drug-likeness (QED) is 0.0563. The van der Waals surface area contributed by atoms with Crippen LogP contribution in [0.25, 0.3) is 41.8 Å². The molecule has 27 heteroatoms. The molecule has 4 aromatic carbocycles. The second-order valence-corrected chi connectivity index (χ2v) is 31.7. The third-order valence-electron chi connectivity index (χ3n) is 19.3. The average molecular weight is 1610 g/mol. The number of methoxy groups -OCH3 is 3. The molecule has 0 bridgehead atoms. The third kappa shape index (κ3) is 21.9. The number of ether oxygens (including phenoxy) is 6. The first-order chi connectivity index (χ1) is 52.3. The van der Waals surface area contributed by atoms with Gasteiger partial charge in [0.15, 0.2) is 0 Å². The van der Waals surface area contributed by atoms with Crippen LogP contribution < -0.4 is 15.1 Å². The van der Waals surface area contributed by atoms with Crippen LogP contribution in [0, 0.1) is 23.7 Å². The van der Waals surface area contributed by atoms with E-state index in [9.17, 15) is 48.3 Å². The minimum absolute atomic E-state index is 0.00780. The van der Waals surface area contributed by atoms with Gasteiger partial charge >= 0.3 is 23.9 Å². The summed E-state index contributed by atoms with van der Waals surface area (Å²) in [6.45, 7) is 10.5. The number of anilines is 3. The summed E-state index contributed by atoms with van der Waals surface area (Å²) in [5, 5.41) is 13.0. The first kappa shape index (κ1) is 81.6. The number of hydrogen-bond acceptors (Lipinski definition) is 20. The van der Waals surface area contributed by atoms with Gasteiger partial charge in [-0.05, 0) is 126 Å². The molecule has 0 atom stereocenters. The molecule has 13 rings (SSSR count). The highest BCUT2D eigenvalue weighted by Gasteiger charge is 2.37. The molecule has 22 nitrogen and oxygen atoms in total. The predicted molar refractivity (Wildman–Crippen MR) is 425 cm³/mol. The van der Waals surface area contributed by atoms with Crippen molar-refractivity contribution in [1.82, 2.24) is 14.7 Å². The second kappa shape index (κ2) is 40.5. The third-order valence-corrected chi connectivity index (χ3v) is 24.9. The van der Waals surface area contributed by atoms with E-state index in [0.717, 1.165) is 109 Å². The van der Waals surface area contributed by atoms with Gasteiger partial charge < -0.3 is 63.3 Å². The molecule has 7 heterocycles. The van der Waals surface area contributed by atoms with E-state index in [1.807, 2.05) is 140 Å². The molecule has 2 N–H and O–H groups in total. The van der Waals surface area contributed by atoms with Crippen LogP contribution in [0.5, 0.6) is 0 Å². The number of carboxylic acids is 1. The fourth-order valence-electron chi connectivity index (χ4n) is 13.1. The molecule has 108 heavy (non-hydrogen) atoms. The van der Waals surface area contributed by atoms with Crippen molar-refractivity contribution in [2.75, 3.05) is 135 Å². The van der Waals surface area contributed by atoms with Gasteiger partial charge in [-0.1, -0.05) is 135 Å². The maximum absolute atomic E-state index is 13.8. The van der Waals surface area contributed by atoms with Gasteiger partial charge in [-0.3, -0.25) is 24.0 Å². The number of nitrogens with zero attached hydrogens (tertiary/aromatic N) is 5. The van der Waals surface area contributed by atoms with E-state index in [0.29, 0.717) is 122 Å². The van der Waals surface area contributed by atoms with Gasteiger partial charge in [0, 0.05) is 75.1 Å². The monoisotopic (exact) mass is 1610 g/mol. The fourth-order valence-corrected chi connectivity index (χ4v) is 18.0. The number of amides is 5. The van der Waals surface area contributed by atoms with Crippen molar-refractivity contribution in [3.05, 3.63) is 170 Å². The lowest BCUT2D eigenvalue weighted by molar-refractivity contribution is -0.135. The molecular weight excluding hydrogens is 1520 g/mol. The molecule has 4 aromatic heterocycles. The number of carboxylic acid groups (broad SMARTS) is 1. The van der Waals surface area contributed by atoms with Crippen molar-refractivity contribution in [3.8, 4) is 41.8 Å². The number of rotatable bonds is 19. The molecule has 0 spiro atoms. The molecule has 0 radical (unpaired) electrons. The minimum Gasteiger partial charge on any atom is -0.477 e. The first-order valence-electron chi connectivity index (χ1n) is 36.2. The van der Waals surface area contributed by atoms with Crippen LogP contribution >= 0.6 is 61.3 Å². The van der Waals surface area contributed by atoms with Crippen molar-refractivity contribution < 1.29 is 76.7 Å². The molecule has 572 valence electrons. The standard InChI is InChI=1S/C26H32N2O5S.C25H30N2O5S.C18H20N2O4S.C12H9BrO2S/c1-18-8-10-20(11-9-18)25(30)28(17-23(29)27-12-14-33-15-13-27)21-16-22(19-6-4-3-5-7-19)34-24(21)26(31)32-2;1-17-7-9-19(10-8-17)24(29)27(16-22(28)26-11-13-32-14-12-26)20-15-21(33-23(20)25(30)31)18-5-3-2-4-6-18;1-23-18(22)17-14(11-15(25-17)13-5-3-2-4-6-13)19-12-16(21)20-7-9-24-10-8-20;1-15-12(14)11-9(13)7-10(16-11)8-5-3-2-4-6-8/h3-7,16,18,20H,8-15,17H2,1-2H3;2-6,15,17,19H,7-14,16H2,1H3,(H,30,31);2-6,11,19H,7-10,12H2,1H3;2-7H,1H3. The highest BCUT2D eigenvalue weighted by atomic mass is 79.9. The summed E-state index contributed by atoms with van der Waals surface area (Å²) >= 11 is 8.57. The smallest absolute Gasteiger partial charge is 0.350 e. The Bertz CT molecular complexity index is 4330. The number of carbonyl (C=O) groups excluding carboxylic acids is 8. The van der Waals surface area contributed by atoms with Gasteiger partial charge in [0.1, 0.15) is 32.6 Å². The van der Waals surface area contributed by atoms with E-state index in [2.05, 4.69) is 35.1 Å². The molecular formula is C81H91BrN6O16S4. The van der Waals surface area contributed by atoms with Gasteiger partial charge in [0.05, 0.1) is 84.6 Å². The summed E-state index contributed by atoms with van der Waals surface area (Å²) in [5.74, 6) is -2.04. The minimum atomic E-state index is -1.09. The predicted octanol–water partition coefficient (Wildman–Crippen LogP) is 14.8. The van der Waals surface area contributed by atoms with Gasteiger partial charge in [0.2, 0.25) is 29.5 Å². The lowest BCUT2D eigenvalue weighted by atomic mass is 9.82. The van der Waals surface area contributed by atoms with Gasteiger partial charge in [-0.2, -0.15) is 0 Å². The van der Waals surface area contributed by atoms with E-state index in [1.165, 1.54) is 65.1 Å². The molecule has 0 unspecified atom stereocenters. The van der Waals surface area contributed by atoms with Gasteiger partial charge in [-0.15, -0.1) is 45.3 Å². The Balaban J connectivity index is 0.000000158. The van der Waals surface area contributed by atoms with Crippen LogP contribution in [0.2, 0.25) is 0 Å². The first-order valence-corrected chi connectivity index (χ1v) is 40.2. The zero-order valence-corrected chi connectivity index (χ0v) is 66.1. The van der Waals surface area contributed by atoms with Gasteiger partial charge in [0.25, 0.3) is 0 Å². The largest absolute Gasteiger partial charge is 0.477 e. The average Bonchev–Trinajstić information content (AvgIpc) is 1.71. The summed E-state index contributed by atoms with van der Waals surface area (Å²) in [6.07, 6.45) is 7.03. The zero-order valence-electron chi connectivity index (χ0n) is 61.2. The molecule has 8 aromatic rings. The molecule has 3 saturated heterocycles. The zero-order chi connectivity index (χ0) is 76.6. The Morgan fingerprint density at radius 3 is 1.13 bits per heavy atom. The number of hydrogen-bond donors (Lipinski definition) is 2. The fraction of sp³-hybridized carbons (Fsp3) is 0.395. The van der Waals surface area contributed by atoms with E-state index in [4.69, 9.17) is 28.4 Å². The molecule has 5 fully saturated rings. The molecule has 3 aliphatic heterocycles. The number of thiophene rings is 4. The number of morpholine rings is 3.